The second kappa shape index (κ2) is 7.87. The predicted molar refractivity (Wildman–Crippen MR) is 79.6 cm³/mol. The Morgan fingerprint density at radius 2 is 1.86 bits per heavy atom. The lowest BCUT2D eigenvalue weighted by atomic mass is 10.0. The van der Waals surface area contributed by atoms with Gasteiger partial charge in [0.05, 0.1) is 25.4 Å². The topological polar surface area (TPSA) is 84.2 Å². The average Bonchev–Trinajstić information content (AvgIpc) is 2.94. The lowest BCUT2D eigenvalue weighted by Crippen LogP contribution is -2.38. The summed E-state index contributed by atoms with van der Waals surface area (Å²) in [5.74, 6) is 0. The number of hydrogen-bond donors (Lipinski definition) is 4. The molecule has 118 valence electrons. The summed E-state index contributed by atoms with van der Waals surface area (Å²) in [7, 11) is 0. The Morgan fingerprint density at radius 1 is 1.14 bits per heavy atom. The van der Waals surface area contributed by atoms with Gasteiger partial charge in [-0.05, 0) is 30.5 Å². The highest BCUT2D eigenvalue weighted by molar-refractivity contribution is 5.23. The maximum atomic E-state index is 10.2. The number of nitrogens with zero attached hydrogens (tertiary/aromatic N) is 1. The largest absolute Gasteiger partial charge is 0.395 e. The molecule has 5 heteroatoms. The zero-order chi connectivity index (χ0) is 15.2. The third-order valence-electron chi connectivity index (χ3n) is 4.20. The fraction of sp³-hybridized carbons (Fsp3) is 0.625. The minimum absolute atomic E-state index is 0.0174. The third-order valence-corrected chi connectivity index (χ3v) is 4.20. The number of benzene rings is 1. The first-order chi connectivity index (χ1) is 10.1. The molecule has 4 N–H and O–H groups in total. The van der Waals surface area contributed by atoms with E-state index in [1.165, 1.54) is 0 Å². The van der Waals surface area contributed by atoms with Crippen molar-refractivity contribution in [1.82, 2.24) is 4.90 Å². The quantitative estimate of drug-likeness (QED) is 0.586. The Morgan fingerprint density at radius 3 is 2.48 bits per heavy atom. The summed E-state index contributed by atoms with van der Waals surface area (Å²) in [5, 5.41) is 38.6. The predicted octanol–water partition coefficient (Wildman–Crippen LogP) is 0.420. The van der Waals surface area contributed by atoms with Crippen molar-refractivity contribution < 1.29 is 20.4 Å². The smallest absolute Gasteiger partial charge is 0.0815 e. The van der Waals surface area contributed by atoms with Crippen molar-refractivity contribution in [3.05, 3.63) is 35.4 Å². The summed E-state index contributed by atoms with van der Waals surface area (Å²) in [6.07, 6.45) is 0.942. The van der Waals surface area contributed by atoms with Gasteiger partial charge >= 0.3 is 0 Å². The monoisotopic (exact) mass is 295 g/mol. The molecule has 0 aromatic heterocycles. The molecular weight excluding hydrogens is 270 g/mol. The van der Waals surface area contributed by atoms with Crippen molar-refractivity contribution in [1.29, 1.82) is 0 Å². The van der Waals surface area contributed by atoms with Gasteiger partial charge in [0, 0.05) is 19.0 Å². The van der Waals surface area contributed by atoms with Crippen LogP contribution in [0, 0.1) is 0 Å². The van der Waals surface area contributed by atoms with Gasteiger partial charge in [-0.2, -0.15) is 0 Å². The molecule has 1 aliphatic heterocycles. The first-order valence-corrected chi connectivity index (χ1v) is 7.54. The molecule has 5 nitrogen and oxygen atoms in total. The average molecular weight is 295 g/mol. The van der Waals surface area contributed by atoms with Crippen molar-refractivity contribution >= 4 is 0 Å². The van der Waals surface area contributed by atoms with Crippen molar-refractivity contribution in [2.75, 3.05) is 19.7 Å². The molecule has 3 atom stereocenters. The van der Waals surface area contributed by atoms with E-state index in [1.54, 1.807) is 24.3 Å². The van der Waals surface area contributed by atoms with Crippen LogP contribution < -0.4 is 0 Å². The zero-order valence-electron chi connectivity index (χ0n) is 12.2. The number of aliphatic hydroxyl groups excluding tert-OH is 4. The van der Waals surface area contributed by atoms with Gasteiger partial charge in [-0.15, -0.1) is 0 Å². The van der Waals surface area contributed by atoms with Gasteiger partial charge in [-0.25, -0.2) is 0 Å². The second-order valence-electron chi connectivity index (χ2n) is 5.78. The molecule has 0 bridgehead atoms. The molecule has 1 aliphatic rings. The molecule has 2 rings (SSSR count). The third kappa shape index (κ3) is 4.49. The molecule has 21 heavy (non-hydrogen) atoms. The Hall–Kier alpha value is -0.980. The Labute approximate surface area is 125 Å². The summed E-state index contributed by atoms with van der Waals surface area (Å²) in [6, 6.07) is 7.23. The van der Waals surface area contributed by atoms with Crippen LogP contribution in [0.1, 0.15) is 36.5 Å². The minimum atomic E-state index is -0.720. The highest BCUT2D eigenvalue weighted by Gasteiger charge is 2.26. The van der Waals surface area contributed by atoms with Crippen LogP contribution in [0.25, 0.3) is 0 Å². The lowest BCUT2D eigenvalue weighted by molar-refractivity contribution is 0.0428. The van der Waals surface area contributed by atoms with E-state index >= 15 is 0 Å². The van der Waals surface area contributed by atoms with Crippen LogP contribution in [0.5, 0.6) is 0 Å². The van der Waals surface area contributed by atoms with Crippen LogP contribution in [0.4, 0.5) is 0 Å². The summed E-state index contributed by atoms with van der Waals surface area (Å²) in [6.45, 7) is 1.48. The SMILES string of the molecule is OCc1ccc([C@@H](O)C[C@@H](O)CN2CCC[C@@H]2CO)cc1. The summed E-state index contributed by atoms with van der Waals surface area (Å²) < 4.78 is 0. The van der Waals surface area contributed by atoms with Crippen LogP contribution in [0.2, 0.25) is 0 Å². The highest BCUT2D eigenvalue weighted by Crippen LogP contribution is 2.22. The zero-order valence-corrected chi connectivity index (χ0v) is 12.2. The molecule has 1 heterocycles. The van der Waals surface area contributed by atoms with Gasteiger partial charge in [0.25, 0.3) is 0 Å². The van der Waals surface area contributed by atoms with Crippen molar-refractivity contribution in [2.24, 2.45) is 0 Å². The van der Waals surface area contributed by atoms with E-state index in [1.807, 2.05) is 0 Å². The molecule has 1 aromatic carbocycles. The maximum Gasteiger partial charge on any atom is 0.0815 e. The van der Waals surface area contributed by atoms with Gasteiger partial charge in [0.1, 0.15) is 0 Å². The molecular formula is C16H25NO4. The second-order valence-corrected chi connectivity index (χ2v) is 5.78. The van der Waals surface area contributed by atoms with E-state index in [4.69, 9.17) is 5.11 Å². The highest BCUT2D eigenvalue weighted by atomic mass is 16.3. The van der Waals surface area contributed by atoms with Crippen LogP contribution in [0.15, 0.2) is 24.3 Å². The van der Waals surface area contributed by atoms with Gasteiger partial charge < -0.3 is 20.4 Å². The van der Waals surface area contributed by atoms with E-state index < -0.39 is 12.2 Å². The van der Waals surface area contributed by atoms with E-state index in [9.17, 15) is 15.3 Å². The number of aliphatic hydroxyl groups is 4. The molecule has 0 spiro atoms. The van der Waals surface area contributed by atoms with Crippen LogP contribution >= 0.6 is 0 Å². The number of β-amino-alcohol motifs (C(OH)–C–C–N with tert-alkyl or cyclic N) is 1. The van der Waals surface area contributed by atoms with E-state index in [-0.39, 0.29) is 25.7 Å². The molecule has 0 unspecified atom stereocenters. The van der Waals surface area contributed by atoms with Crippen molar-refractivity contribution in [3.63, 3.8) is 0 Å². The van der Waals surface area contributed by atoms with Crippen LogP contribution in [-0.4, -0.2) is 57.2 Å². The number of rotatable bonds is 7. The van der Waals surface area contributed by atoms with Crippen LogP contribution in [-0.2, 0) is 6.61 Å². The van der Waals surface area contributed by atoms with E-state index in [2.05, 4.69) is 4.90 Å². The first-order valence-electron chi connectivity index (χ1n) is 7.54. The van der Waals surface area contributed by atoms with Gasteiger partial charge in [-0.3, -0.25) is 4.90 Å². The summed E-state index contributed by atoms with van der Waals surface area (Å²) >= 11 is 0. The molecule has 1 saturated heterocycles. The molecule has 1 fully saturated rings. The van der Waals surface area contributed by atoms with Gasteiger partial charge in [0.2, 0.25) is 0 Å². The minimum Gasteiger partial charge on any atom is -0.395 e. The Bertz CT molecular complexity index is 423. The summed E-state index contributed by atoms with van der Waals surface area (Å²) in [4.78, 5) is 2.09. The molecule has 0 amide bonds. The molecule has 0 radical (unpaired) electrons. The Balaban J connectivity index is 1.84. The van der Waals surface area contributed by atoms with Gasteiger partial charge in [-0.1, -0.05) is 24.3 Å². The molecule has 0 aliphatic carbocycles. The van der Waals surface area contributed by atoms with E-state index in [0.717, 1.165) is 30.5 Å². The maximum absolute atomic E-state index is 10.2. The standard InChI is InChI=1S/C16H25NO4/c18-10-12-3-5-13(6-4-12)16(21)8-15(20)9-17-7-1-2-14(17)11-19/h3-6,14-16,18-21H,1-2,7-11H2/t14-,15-,16+/m1/s1. The van der Waals surface area contributed by atoms with Crippen molar-refractivity contribution in [3.8, 4) is 0 Å². The normalized spacial score (nSPS) is 22.4. The molecule has 0 saturated carbocycles. The lowest BCUT2D eigenvalue weighted by Gasteiger charge is -2.26. The van der Waals surface area contributed by atoms with E-state index in [0.29, 0.717) is 6.54 Å². The fourth-order valence-electron chi connectivity index (χ4n) is 2.93. The van der Waals surface area contributed by atoms with Crippen LogP contribution in [0.3, 0.4) is 0 Å². The van der Waals surface area contributed by atoms with Crippen molar-refractivity contribution in [2.45, 2.75) is 44.1 Å². The summed E-state index contributed by atoms with van der Waals surface area (Å²) in [5.41, 5.74) is 1.54. The van der Waals surface area contributed by atoms with Gasteiger partial charge in [0.15, 0.2) is 0 Å². The Kier molecular flexibility index (Phi) is 6.14. The fourth-order valence-corrected chi connectivity index (χ4v) is 2.93. The first kappa shape index (κ1) is 16.4. The molecule has 1 aromatic rings. The number of hydrogen-bond acceptors (Lipinski definition) is 5. The number of likely N-dealkylation sites (tertiary alicyclic amines) is 1.